The van der Waals surface area contributed by atoms with Crippen LogP contribution in [-0.4, -0.2) is 33.4 Å². The smallest absolute Gasteiger partial charge is 0.253 e. The molecule has 32 heavy (non-hydrogen) atoms. The van der Waals surface area contributed by atoms with Gasteiger partial charge in [-0.25, -0.2) is 4.98 Å². The number of hydrogen-bond acceptors (Lipinski definition) is 4. The van der Waals surface area contributed by atoms with Crippen molar-refractivity contribution in [3.63, 3.8) is 0 Å². The number of likely N-dealkylation sites (N-methyl/N-ethyl adjacent to an activating group) is 1. The number of benzene rings is 2. The van der Waals surface area contributed by atoms with Crippen LogP contribution < -0.4 is 15.8 Å². The normalized spacial score (nSPS) is 11.8. The topological polar surface area (TPSA) is 100 Å². The van der Waals surface area contributed by atoms with E-state index in [4.69, 9.17) is 0 Å². The van der Waals surface area contributed by atoms with Crippen LogP contribution in [0.25, 0.3) is 11.0 Å². The van der Waals surface area contributed by atoms with Gasteiger partial charge in [0.05, 0.1) is 22.6 Å². The number of carbonyl (C=O) groups is 2. The van der Waals surface area contributed by atoms with E-state index in [-0.39, 0.29) is 35.5 Å². The summed E-state index contributed by atoms with van der Waals surface area (Å²) in [5, 5.41) is 2.88. The summed E-state index contributed by atoms with van der Waals surface area (Å²) in [7, 11) is 1.65. The predicted octanol–water partition coefficient (Wildman–Crippen LogP) is 2.88. The van der Waals surface area contributed by atoms with Crippen molar-refractivity contribution in [3.8, 4) is 0 Å². The zero-order valence-electron chi connectivity index (χ0n) is 17.8. The van der Waals surface area contributed by atoms with Crippen molar-refractivity contribution < 1.29 is 9.59 Å². The number of aromatic nitrogens is 3. The number of anilines is 1. The average Bonchev–Trinajstić information content (AvgIpc) is 3.25. The molecule has 8 heteroatoms. The van der Waals surface area contributed by atoms with Crippen molar-refractivity contribution >= 4 is 28.5 Å². The van der Waals surface area contributed by atoms with Crippen LogP contribution in [-0.2, 0) is 11.3 Å². The lowest BCUT2D eigenvalue weighted by Crippen LogP contribution is -2.34. The molecule has 162 valence electrons. The van der Waals surface area contributed by atoms with Crippen molar-refractivity contribution in [2.75, 3.05) is 11.9 Å². The molecule has 4 rings (SSSR count). The van der Waals surface area contributed by atoms with Crippen LogP contribution >= 0.6 is 0 Å². The largest absolute Gasteiger partial charge is 0.342 e. The zero-order chi connectivity index (χ0) is 22.7. The standard InChI is InChI=1S/C24H23N5O3/c1-16(23-26-19-10-6-7-11-20(19)27-23)25-24(32)17-12-13-21(30)29(14-17)15-22(31)28(2)18-8-4-3-5-9-18/h3-14,16H,15H2,1-2H3,(H,25,32)(H,26,27)/t16-/m0/s1. The maximum Gasteiger partial charge on any atom is 0.253 e. The molecule has 0 fully saturated rings. The van der Waals surface area contributed by atoms with Crippen molar-refractivity contribution in [3.05, 3.63) is 94.7 Å². The quantitative estimate of drug-likeness (QED) is 0.492. The number of amides is 2. The van der Waals surface area contributed by atoms with Gasteiger partial charge in [0.25, 0.3) is 11.5 Å². The Labute approximate surface area is 184 Å². The van der Waals surface area contributed by atoms with Gasteiger partial charge in [0.15, 0.2) is 0 Å². The molecule has 0 aliphatic rings. The highest BCUT2D eigenvalue weighted by Crippen LogP contribution is 2.16. The SMILES string of the molecule is C[C@H](NC(=O)c1ccc(=O)n(CC(=O)N(C)c2ccccc2)c1)c1nc2ccccc2[nH]1. The fraction of sp³-hybridized carbons (Fsp3) is 0.167. The fourth-order valence-electron chi connectivity index (χ4n) is 3.36. The minimum absolute atomic E-state index is 0.176. The van der Waals surface area contributed by atoms with Crippen molar-refractivity contribution in [1.82, 2.24) is 19.9 Å². The molecule has 2 N–H and O–H groups in total. The van der Waals surface area contributed by atoms with E-state index in [1.807, 2.05) is 61.5 Å². The molecule has 2 aromatic heterocycles. The molecule has 2 amide bonds. The van der Waals surface area contributed by atoms with Crippen LogP contribution in [0.4, 0.5) is 5.69 Å². The number of imidazole rings is 1. The number of carbonyl (C=O) groups excluding carboxylic acids is 2. The van der Waals surface area contributed by atoms with E-state index >= 15 is 0 Å². The Hall–Kier alpha value is -4.20. The summed E-state index contributed by atoms with van der Waals surface area (Å²) in [4.78, 5) is 46.9. The first-order chi connectivity index (χ1) is 15.4. The number of nitrogens with one attached hydrogen (secondary N) is 2. The lowest BCUT2D eigenvalue weighted by Gasteiger charge is -2.18. The Balaban J connectivity index is 1.48. The van der Waals surface area contributed by atoms with Crippen molar-refractivity contribution in [1.29, 1.82) is 0 Å². The van der Waals surface area contributed by atoms with Crippen LogP contribution in [0.5, 0.6) is 0 Å². The highest BCUT2D eigenvalue weighted by molar-refractivity contribution is 5.95. The third-order valence-corrected chi connectivity index (χ3v) is 5.23. The van der Waals surface area contributed by atoms with Gasteiger partial charge in [0, 0.05) is 25.0 Å². The van der Waals surface area contributed by atoms with E-state index in [1.165, 1.54) is 27.8 Å². The highest BCUT2D eigenvalue weighted by atomic mass is 16.2. The van der Waals surface area contributed by atoms with Crippen LogP contribution in [0.3, 0.4) is 0 Å². The second-order valence-corrected chi connectivity index (χ2v) is 7.51. The number of aromatic amines is 1. The van der Waals surface area contributed by atoms with E-state index in [2.05, 4.69) is 15.3 Å². The van der Waals surface area contributed by atoms with Gasteiger partial charge in [-0.2, -0.15) is 0 Å². The summed E-state index contributed by atoms with van der Waals surface area (Å²) in [6.07, 6.45) is 1.40. The first kappa shape index (κ1) is 21.0. The number of pyridine rings is 1. The number of hydrogen-bond donors (Lipinski definition) is 2. The zero-order valence-corrected chi connectivity index (χ0v) is 17.8. The summed E-state index contributed by atoms with van der Waals surface area (Å²) in [5.41, 5.74) is 2.35. The van der Waals surface area contributed by atoms with Crippen molar-refractivity contribution in [2.24, 2.45) is 0 Å². The predicted molar refractivity (Wildman–Crippen MR) is 123 cm³/mol. The first-order valence-corrected chi connectivity index (χ1v) is 10.2. The number of H-pyrrole nitrogens is 1. The molecule has 0 spiro atoms. The number of nitrogens with zero attached hydrogens (tertiary/aromatic N) is 3. The molecule has 8 nitrogen and oxygen atoms in total. The van der Waals surface area contributed by atoms with Crippen LogP contribution in [0.1, 0.15) is 29.1 Å². The summed E-state index contributed by atoms with van der Waals surface area (Å²) >= 11 is 0. The third kappa shape index (κ3) is 4.44. The van der Waals surface area contributed by atoms with Gasteiger partial charge in [-0.05, 0) is 37.3 Å². The Morgan fingerprint density at radius 1 is 1.06 bits per heavy atom. The number of rotatable bonds is 6. The molecule has 0 bridgehead atoms. The lowest BCUT2D eigenvalue weighted by molar-refractivity contribution is -0.118. The van der Waals surface area contributed by atoms with E-state index in [0.29, 0.717) is 5.82 Å². The van der Waals surface area contributed by atoms with Gasteiger partial charge in [-0.1, -0.05) is 30.3 Å². The Morgan fingerprint density at radius 2 is 1.78 bits per heavy atom. The molecule has 0 saturated carbocycles. The molecule has 4 aromatic rings. The Bertz CT molecular complexity index is 1290. The third-order valence-electron chi connectivity index (χ3n) is 5.23. The molecule has 2 aromatic carbocycles. The first-order valence-electron chi connectivity index (χ1n) is 10.2. The molecule has 0 aliphatic carbocycles. The molecule has 1 atom stereocenters. The monoisotopic (exact) mass is 429 g/mol. The maximum atomic E-state index is 12.8. The molecule has 0 aliphatic heterocycles. The lowest BCUT2D eigenvalue weighted by atomic mass is 10.2. The average molecular weight is 429 g/mol. The molecule has 0 saturated heterocycles. The highest BCUT2D eigenvalue weighted by Gasteiger charge is 2.17. The minimum Gasteiger partial charge on any atom is -0.342 e. The summed E-state index contributed by atoms with van der Waals surface area (Å²) in [6, 6.07) is 19.1. The Kier molecular flexibility index (Phi) is 5.85. The van der Waals surface area contributed by atoms with Crippen LogP contribution in [0.15, 0.2) is 77.7 Å². The van der Waals surface area contributed by atoms with E-state index in [0.717, 1.165) is 16.7 Å². The Morgan fingerprint density at radius 3 is 2.53 bits per heavy atom. The van der Waals surface area contributed by atoms with E-state index < -0.39 is 0 Å². The molecule has 0 unspecified atom stereocenters. The summed E-state index contributed by atoms with van der Waals surface area (Å²) in [6.45, 7) is 1.65. The van der Waals surface area contributed by atoms with Gasteiger partial charge in [-0.15, -0.1) is 0 Å². The van der Waals surface area contributed by atoms with Crippen LogP contribution in [0, 0.1) is 0 Å². The summed E-state index contributed by atoms with van der Waals surface area (Å²) in [5.74, 6) is -0.00499. The van der Waals surface area contributed by atoms with Crippen molar-refractivity contribution in [2.45, 2.75) is 19.5 Å². The minimum atomic E-state index is -0.374. The molecular formula is C24H23N5O3. The van der Waals surface area contributed by atoms with Gasteiger partial charge in [0.1, 0.15) is 12.4 Å². The van der Waals surface area contributed by atoms with E-state index in [1.54, 1.807) is 7.05 Å². The van der Waals surface area contributed by atoms with Gasteiger partial charge < -0.3 is 19.8 Å². The number of para-hydroxylation sites is 3. The summed E-state index contributed by atoms with van der Waals surface area (Å²) < 4.78 is 1.24. The maximum absolute atomic E-state index is 12.8. The van der Waals surface area contributed by atoms with Gasteiger partial charge >= 0.3 is 0 Å². The second-order valence-electron chi connectivity index (χ2n) is 7.51. The molecule has 2 heterocycles. The number of fused-ring (bicyclic) bond motifs is 1. The molecule has 0 radical (unpaired) electrons. The second kappa shape index (κ2) is 8.89. The fourth-order valence-corrected chi connectivity index (χ4v) is 3.36. The van der Waals surface area contributed by atoms with Gasteiger partial charge in [0.2, 0.25) is 5.91 Å². The van der Waals surface area contributed by atoms with E-state index in [9.17, 15) is 14.4 Å². The van der Waals surface area contributed by atoms with Crippen LogP contribution in [0.2, 0.25) is 0 Å². The van der Waals surface area contributed by atoms with Gasteiger partial charge in [-0.3, -0.25) is 14.4 Å². The molecular weight excluding hydrogens is 406 g/mol.